The van der Waals surface area contributed by atoms with E-state index in [1.807, 2.05) is 0 Å². The standard InChI is InChI=1S/C76H136O6/c1-4-7-10-13-16-19-22-25-28-30-32-34-35-36-37-38-39-40-41-43-44-46-48-51-54-57-60-63-66-69-75(78)81-72-73(71-80-74(77)68-65-62-59-56-53-50-27-24-21-18-15-12-9-6-3)82-76(79)70-67-64-61-58-55-52-49-47-45-42-33-31-29-26-23-20-17-14-11-8-5-2/h8,11,17,20,24,26-27,29,33,42,47,49,73H,4-7,9-10,12-16,18-19,21-23,25,28,30-32,34-41,43-46,48,50-72H2,1-3H3/b11-8-,20-17-,27-24-,29-26-,42-33-,49-47-. The van der Waals surface area contributed by atoms with Crippen molar-refractivity contribution in [3.05, 3.63) is 72.9 Å². The van der Waals surface area contributed by atoms with Gasteiger partial charge >= 0.3 is 17.9 Å². The molecule has 0 amide bonds. The van der Waals surface area contributed by atoms with Crippen LogP contribution < -0.4 is 0 Å². The van der Waals surface area contributed by atoms with Gasteiger partial charge < -0.3 is 14.2 Å². The average Bonchev–Trinajstić information content (AvgIpc) is 3.47. The normalized spacial score (nSPS) is 12.5. The van der Waals surface area contributed by atoms with Crippen molar-refractivity contribution in [1.82, 2.24) is 0 Å². The summed E-state index contributed by atoms with van der Waals surface area (Å²) >= 11 is 0. The van der Waals surface area contributed by atoms with Gasteiger partial charge in [-0.2, -0.15) is 0 Å². The fourth-order valence-corrected chi connectivity index (χ4v) is 10.6. The van der Waals surface area contributed by atoms with E-state index in [9.17, 15) is 14.4 Å². The molecule has 0 aliphatic heterocycles. The number of carbonyl (C=O) groups is 3. The Morgan fingerprint density at radius 3 is 0.756 bits per heavy atom. The first-order valence-corrected chi connectivity index (χ1v) is 35.9. The molecular formula is C76H136O6. The number of hydrogen-bond acceptors (Lipinski definition) is 6. The molecular weight excluding hydrogens is 1010 g/mol. The summed E-state index contributed by atoms with van der Waals surface area (Å²) in [5.41, 5.74) is 0. The van der Waals surface area contributed by atoms with E-state index in [1.165, 1.54) is 218 Å². The zero-order valence-corrected chi connectivity index (χ0v) is 54.8. The van der Waals surface area contributed by atoms with Crippen LogP contribution in [-0.2, 0) is 28.6 Å². The SMILES string of the molecule is CC/C=C\C/C=C\C/C=C\C/C=C\C/C=C\CCCCCCCC(=O)OC(COC(=O)CCCCCCC/C=C\CCCCCCC)COC(=O)CCCCCCCCCCCCCCCCCCCCCCCCCCCCCCC. The van der Waals surface area contributed by atoms with Gasteiger partial charge in [0, 0.05) is 19.3 Å². The van der Waals surface area contributed by atoms with E-state index in [4.69, 9.17) is 14.2 Å². The second kappa shape index (κ2) is 70.3. The molecule has 1 atom stereocenters. The van der Waals surface area contributed by atoms with Crippen molar-refractivity contribution in [3.8, 4) is 0 Å². The van der Waals surface area contributed by atoms with Gasteiger partial charge in [-0.25, -0.2) is 0 Å². The van der Waals surface area contributed by atoms with Crippen molar-refractivity contribution >= 4 is 17.9 Å². The third-order valence-electron chi connectivity index (χ3n) is 15.9. The van der Waals surface area contributed by atoms with Gasteiger partial charge in [0.25, 0.3) is 0 Å². The molecule has 0 bridgehead atoms. The Bertz CT molecular complexity index is 1500. The maximum atomic E-state index is 12.9. The first kappa shape index (κ1) is 78.8. The van der Waals surface area contributed by atoms with Crippen molar-refractivity contribution in [2.75, 3.05) is 13.2 Å². The highest BCUT2D eigenvalue weighted by Gasteiger charge is 2.19. The van der Waals surface area contributed by atoms with Gasteiger partial charge in [0.1, 0.15) is 13.2 Å². The predicted molar refractivity (Wildman–Crippen MR) is 358 cm³/mol. The second-order valence-corrected chi connectivity index (χ2v) is 24.1. The molecule has 0 saturated carbocycles. The minimum atomic E-state index is -0.790. The molecule has 0 fully saturated rings. The lowest BCUT2D eigenvalue weighted by molar-refractivity contribution is -0.167. The summed E-state index contributed by atoms with van der Waals surface area (Å²) in [4.78, 5) is 38.4. The molecule has 476 valence electrons. The molecule has 0 saturated heterocycles. The number of rotatable bonds is 66. The van der Waals surface area contributed by atoms with Gasteiger partial charge in [0.15, 0.2) is 6.10 Å². The van der Waals surface area contributed by atoms with Crippen LogP contribution in [0.5, 0.6) is 0 Å². The molecule has 0 aromatic rings. The Balaban J connectivity index is 4.25. The Morgan fingerprint density at radius 1 is 0.256 bits per heavy atom. The van der Waals surface area contributed by atoms with Crippen LogP contribution in [0.15, 0.2) is 72.9 Å². The van der Waals surface area contributed by atoms with E-state index in [-0.39, 0.29) is 31.1 Å². The van der Waals surface area contributed by atoms with Crippen molar-refractivity contribution in [2.24, 2.45) is 0 Å². The summed E-state index contributed by atoms with van der Waals surface area (Å²) in [5.74, 6) is -0.890. The summed E-state index contributed by atoms with van der Waals surface area (Å²) in [7, 11) is 0. The van der Waals surface area contributed by atoms with Crippen molar-refractivity contribution < 1.29 is 28.6 Å². The average molecular weight is 1150 g/mol. The summed E-state index contributed by atoms with van der Waals surface area (Å²) < 4.78 is 17.0. The first-order chi connectivity index (χ1) is 40.5. The van der Waals surface area contributed by atoms with Crippen molar-refractivity contribution in [1.29, 1.82) is 0 Å². The molecule has 0 aliphatic carbocycles. The monoisotopic (exact) mass is 1150 g/mol. The summed E-state index contributed by atoms with van der Waals surface area (Å²) in [6, 6.07) is 0. The Morgan fingerprint density at radius 2 is 0.476 bits per heavy atom. The topological polar surface area (TPSA) is 78.9 Å². The van der Waals surface area contributed by atoms with E-state index in [0.717, 1.165) is 116 Å². The highest BCUT2D eigenvalue weighted by molar-refractivity contribution is 5.71. The van der Waals surface area contributed by atoms with Crippen LogP contribution in [-0.4, -0.2) is 37.2 Å². The summed E-state index contributed by atoms with van der Waals surface area (Å²) in [6.45, 7) is 6.55. The zero-order chi connectivity index (χ0) is 59.2. The zero-order valence-electron chi connectivity index (χ0n) is 54.8. The smallest absolute Gasteiger partial charge is 0.306 e. The van der Waals surface area contributed by atoms with Crippen LogP contribution >= 0.6 is 0 Å². The molecule has 0 N–H and O–H groups in total. The quantitative estimate of drug-likeness (QED) is 0.0261. The van der Waals surface area contributed by atoms with E-state index in [2.05, 4.69) is 93.7 Å². The highest BCUT2D eigenvalue weighted by Crippen LogP contribution is 2.18. The van der Waals surface area contributed by atoms with Gasteiger partial charge in [-0.15, -0.1) is 0 Å². The number of esters is 3. The number of allylic oxidation sites excluding steroid dienone is 12. The van der Waals surface area contributed by atoms with Gasteiger partial charge in [-0.1, -0.05) is 338 Å². The van der Waals surface area contributed by atoms with Crippen LogP contribution in [0.2, 0.25) is 0 Å². The van der Waals surface area contributed by atoms with Crippen LogP contribution in [0.25, 0.3) is 0 Å². The summed E-state index contributed by atoms with van der Waals surface area (Å²) in [6.07, 6.45) is 92.3. The molecule has 1 unspecified atom stereocenters. The third kappa shape index (κ3) is 67.6. The number of hydrogen-bond donors (Lipinski definition) is 0. The third-order valence-corrected chi connectivity index (χ3v) is 15.9. The molecule has 0 rings (SSSR count). The lowest BCUT2D eigenvalue weighted by Crippen LogP contribution is -2.30. The Labute approximate surface area is 510 Å². The molecule has 6 nitrogen and oxygen atoms in total. The fourth-order valence-electron chi connectivity index (χ4n) is 10.6. The lowest BCUT2D eigenvalue weighted by atomic mass is 10.0. The van der Waals surface area contributed by atoms with Gasteiger partial charge in [0.05, 0.1) is 0 Å². The predicted octanol–water partition coefficient (Wildman–Crippen LogP) is 24.8. The van der Waals surface area contributed by atoms with E-state index in [1.54, 1.807) is 0 Å². The van der Waals surface area contributed by atoms with Crippen molar-refractivity contribution in [3.63, 3.8) is 0 Å². The maximum absolute atomic E-state index is 12.9. The molecule has 0 heterocycles. The van der Waals surface area contributed by atoms with Crippen LogP contribution in [0.3, 0.4) is 0 Å². The van der Waals surface area contributed by atoms with Crippen LogP contribution in [0.1, 0.15) is 374 Å². The minimum absolute atomic E-state index is 0.0828. The number of ether oxygens (including phenoxy) is 3. The van der Waals surface area contributed by atoms with Gasteiger partial charge in [-0.3, -0.25) is 14.4 Å². The van der Waals surface area contributed by atoms with Crippen molar-refractivity contribution in [2.45, 2.75) is 380 Å². The van der Waals surface area contributed by atoms with E-state index >= 15 is 0 Å². The van der Waals surface area contributed by atoms with Crippen LogP contribution in [0, 0.1) is 0 Å². The first-order valence-electron chi connectivity index (χ1n) is 35.9. The van der Waals surface area contributed by atoms with Gasteiger partial charge in [0.2, 0.25) is 0 Å². The highest BCUT2D eigenvalue weighted by atomic mass is 16.6. The molecule has 82 heavy (non-hydrogen) atoms. The molecule has 0 radical (unpaired) electrons. The molecule has 0 aliphatic rings. The molecule has 6 heteroatoms. The van der Waals surface area contributed by atoms with Crippen LogP contribution in [0.4, 0.5) is 0 Å². The molecule has 0 aromatic heterocycles. The Hall–Kier alpha value is -3.15. The summed E-state index contributed by atoms with van der Waals surface area (Å²) in [5, 5.41) is 0. The lowest BCUT2D eigenvalue weighted by Gasteiger charge is -2.18. The minimum Gasteiger partial charge on any atom is -0.462 e. The second-order valence-electron chi connectivity index (χ2n) is 24.1. The maximum Gasteiger partial charge on any atom is 0.306 e. The molecule has 0 aromatic carbocycles. The van der Waals surface area contributed by atoms with Gasteiger partial charge in [-0.05, 0) is 89.9 Å². The van der Waals surface area contributed by atoms with E-state index < -0.39 is 6.10 Å². The number of carbonyl (C=O) groups excluding carboxylic acids is 3. The van der Waals surface area contributed by atoms with E-state index in [0.29, 0.717) is 19.3 Å². The Kier molecular flexibility index (Phi) is 67.6. The molecule has 0 spiro atoms. The largest absolute Gasteiger partial charge is 0.462 e. The number of unbranched alkanes of at least 4 members (excludes halogenated alkanes) is 43. The fraction of sp³-hybridized carbons (Fsp3) is 0.803.